The average Bonchev–Trinajstić information content (AvgIpc) is 2.97. The topological polar surface area (TPSA) is 58.3 Å². The van der Waals surface area contributed by atoms with E-state index in [9.17, 15) is 4.79 Å². The third kappa shape index (κ3) is 3.45. The zero-order chi connectivity index (χ0) is 19.7. The average molecular weight is 505 g/mol. The molecule has 0 amide bonds. The van der Waals surface area contributed by atoms with Crippen molar-refractivity contribution in [2.24, 2.45) is 7.05 Å². The Morgan fingerprint density at radius 3 is 2.57 bits per heavy atom. The van der Waals surface area contributed by atoms with Crippen LogP contribution in [0.5, 0.6) is 11.8 Å². The van der Waals surface area contributed by atoms with Crippen LogP contribution in [-0.2, 0) is 13.7 Å². The van der Waals surface area contributed by atoms with Crippen LogP contribution in [0.3, 0.4) is 0 Å². The van der Waals surface area contributed by atoms with Crippen LogP contribution in [-0.4, -0.2) is 14.1 Å². The number of fused-ring (bicyclic) bond motifs is 1. The molecule has 0 saturated heterocycles. The lowest BCUT2D eigenvalue weighted by molar-refractivity contribution is 0.291. The second kappa shape index (κ2) is 7.81. The number of nitrogens with zero attached hydrogens (tertiary/aromatic N) is 3. The minimum atomic E-state index is -0.188. The van der Waals surface area contributed by atoms with Crippen LogP contribution >= 0.6 is 32.2 Å². The zero-order valence-corrected chi connectivity index (χ0v) is 18.0. The van der Waals surface area contributed by atoms with Gasteiger partial charge >= 0.3 is 5.69 Å². The molecule has 2 aromatic carbocycles. The molecule has 4 rings (SSSR count). The number of rotatable bonds is 5. The van der Waals surface area contributed by atoms with E-state index >= 15 is 0 Å². The van der Waals surface area contributed by atoms with Gasteiger partial charge in [0.05, 0.1) is 11.0 Å². The lowest BCUT2D eigenvalue weighted by Crippen LogP contribution is -2.21. The van der Waals surface area contributed by atoms with Gasteiger partial charge in [-0.15, -0.1) is 0 Å². The fourth-order valence-electron chi connectivity index (χ4n) is 3.00. The summed E-state index contributed by atoms with van der Waals surface area (Å²) in [7, 11) is 1.74. The Balaban J connectivity index is 1.85. The van der Waals surface area contributed by atoms with Crippen molar-refractivity contribution in [2.45, 2.75) is 6.61 Å². The molecule has 0 unspecified atom stereocenters. The summed E-state index contributed by atoms with van der Waals surface area (Å²) >= 11 is 6.40. The standard InChI is InChI=1S/C20H15Br2N3O3/c1-24-17-11-14(21)7-8-15(17)25(20(24)26)16-9-10-18(28-22)23-19(16)27-12-13-5-3-2-4-6-13/h2-11H,12H2,1H3. The number of pyridine rings is 1. The number of aromatic nitrogens is 3. The molecule has 0 aliphatic heterocycles. The smallest absolute Gasteiger partial charge is 0.333 e. The molecule has 0 atom stereocenters. The number of benzene rings is 2. The van der Waals surface area contributed by atoms with Gasteiger partial charge in [-0.2, -0.15) is 4.98 Å². The maximum absolute atomic E-state index is 13.0. The van der Waals surface area contributed by atoms with Crippen LogP contribution < -0.4 is 14.3 Å². The van der Waals surface area contributed by atoms with Crippen molar-refractivity contribution in [1.82, 2.24) is 14.1 Å². The Labute approximate surface area is 177 Å². The monoisotopic (exact) mass is 503 g/mol. The molecule has 0 saturated carbocycles. The van der Waals surface area contributed by atoms with Gasteiger partial charge in [-0.25, -0.2) is 4.79 Å². The van der Waals surface area contributed by atoms with Crippen molar-refractivity contribution < 1.29 is 8.57 Å². The Bertz CT molecular complexity index is 1200. The Morgan fingerprint density at radius 2 is 1.82 bits per heavy atom. The second-order valence-corrected chi connectivity index (χ2v) is 7.37. The van der Waals surface area contributed by atoms with E-state index in [1.54, 1.807) is 28.3 Å². The number of aryl methyl sites for hydroxylation is 1. The molecule has 4 aromatic rings. The lowest BCUT2D eigenvalue weighted by Gasteiger charge is -2.12. The van der Waals surface area contributed by atoms with Crippen molar-refractivity contribution in [3.8, 4) is 17.4 Å². The summed E-state index contributed by atoms with van der Waals surface area (Å²) in [5.74, 6) is 0.640. The summed E-state index contributed by atoms with van der Waals surface area (Å²) in [6.45, 7) is 0.317. The fraction of sp³-hybridized carbons (Fsp3) is 0.100. The second-order valence-electron chi connectivity index (χ2n) is 6.14. The molecule has 2 aromatic heterocycles. The van der Waals surface area contributed by atoms with Gasteiger partial charge in [0.25, 0.3) is 0 Å². The third-order valence-electron chi connectivity index (χ3n) is 4.37. The van der Waals surface area contributed by atoms with Crippen LogP contribution in [0.15, 0.2) is 69.9 Å². The molecule has 0 bridgehead atoms. The van der Waals surface area contributed by atoms with Crippen molar-refractivity contribution in [1.29, 1.82) is 0 Å². The normalized spacial score (nSPS) is 11.0. The molecule has 0 fully saturated rings. The van der Waals surface area contributed by atoms with Crippen molar-refractivity contribution in [3.05, 3.63) is 81.2 Å². The van der Waals surface area contributed by atoms with Gasteiger partial charge in [-0.1, -0.05) is 46.3 Å². The van der Waals surface area contributed by atoms with E-state index < -0.39 is 0 Å². The minimum Gasteiger partial charge on any atom is -0.471 e. The van der Waals surface area contributed by atoms with Crippen molar-refractivity contribution in [3.63, 3.8) is 0 Å². The molecule has 0 spiro atoms. The summed E-state index contributed by atoms with van der Waals surface area (Å²) in [5.41, 5.74) is 2.91. The van der Waals surface area contributed by atoms with Gasteiger partial charge < -0.3 is 8.57 Å². The predicted octanol–water partition coefficient (Wildman–Crippen LogP) is 4.75. The van der Waals surface area contributed by atoms with Gasteiger partial charge in [-0.05, 0) is 29.8 Å². The van der Waals surface area contributed by atoms with Crippen LogP contribution in [0.2, 0.25) is 0 Å². The van der Waals surface area contributed by atoms with E-state index in [1.165, 1.54) is 0 Å². The minimum absolute atomic E-state index is 0.188. The van der Waals surface area contributed by atoms with Gasteiger partial charge in [0.1, 0.15) is 12.3 Å². The summed E-state index contributed by atoms with van der Waals surface area (Å²) in [6.07, 6.45) is 0. The summed E-state index contributed by atoms with van der Waals surface area (Å²) in [4.78, 5) is 17.4. The molecule has 0 N–H and O–H groups in total. The first kappa shape index (κ1) is 18.8. The highest BCUT2D eigenvalue weighted by atomic mass is 79.9. The summed E-state index contributed by atoms with van der Waals surface area (Å²) < 4.78 is 15.1. The lowest BCUT2D eigenvalue weighted by atomic mass is 10.2. The van der Waals surface area contributed by atoms with E-state index in [1.807, 2.05) is 48.5 Å². The Hall–Kier alpha value is -2.58. The Kier molecular flexibility index (Phi) is 5.23. The van der Waals surface area contributed by atoms with Crippen LogP contribution in [0.4, 0.5) is 0 Å². The molecule has 2 heterocycles. The molecule has 8 heteroatoms. The fourth-order valence-corrected chi connectivity index (χ4v) is 3.53. The van der Waals surface area contributed by atoms with E-state index in [4.69, 9.17) is 8.57 Å². The van der Waals surface area contributed by atoms with Gasteiger partial charge in [0, 0.05) is 17.6 Å². The molecule has 6 nitrogen and oxygen atoms in total. The first-order valence-electron chi connectivity index (χ1n) is 8.42. The number of hydrogen-bond donors (Lipinski definition) is 0. The maximum Gasteiger partial charge on any atom is 0.333 e. The van der Waals surface area contributed by atoms with E-state index in [2.05, 4.69) is 37.2 Å². The number of halogens is 2. The first-order chi connectivity index (χ1) is 13.6. The molecule has 28 heavy (non-hydrogen) atoms. The molecule has 0 aliphatic rings. The Morgan fingerprint density at radius 1 is 1.04 bits per heavy atom. The molecular weight excluding hydrogens is 490 g/mol. The quantitative estimate of drug-likeness (QED) is 0.393. The summed E-state index contributed by atoms with van der Waals surface area (Å²) in [5, 5.41) is 0. The highest BCUT2D eigenvalue weighted by Gasteiger charge is 2.18. The van der Waals surface area contributed by atoms with Crippen LogP contribution in [0.25, 0.3) is 16.7 Å². The van der Waals surface area contributed by atoms with Crippen molar-refractivity contribution in [2.75, 3.05) is 0 Å². The van der Waals surface area contributed by atoms with Gasteiger partial charge in [0.15, 0.2) is 16.3 Å². The highest BCUT2D eigenvalue weighted by molar-refractivity contribution is 9.10. The zero-order valence-electron chi connectivity index (χ0n) is 14.8. The number of imidazole rings is 1. The largest absolute Gasteiger partial charge is 0.471 e. The number of ether oxygens (including phenoxy) is 1. The predicted molar refractivity (Wildman–Crippen MR) is 114 cm³/mol. The maximum atomic E-state index is 13.0. The van der Waals surface area contributed by atoms with E-state index in [0.717, 1.165) is 21.1 Å². The summed E-state index contributed by atoms with van der Waals surface area (Å²) in [6, 6.07) is 18.9. The molecule has 142 valence electrons. The molecule has 0 radical (unpaired) electrons. The van der Waals surface area contributed by atoms with Crippen LogP contribution in [0.1, 0.15) is 5.56 Å². The highest BCUT2D eigenvalue weighted by Crippen LogP contribution is 2.28. The number of hydrogen-bond acceptors (Lipinski definition) is 4. The first-order valence-corrected chi connectivity index (χ1v) is 9.86. The van der Waals surface area contributed by atoms with Gasteiger partial charge in [-0.3, -0.25) is 9.13 Å². The van der Waals surface area contributed by atoms with E-state index in [-0.39, 0.29) is 5.69 Å². The molecular formula is C20H15Br2N3O3. The van der Waals surface area contributed by atoms with Crippen LogP contribution in [0, 0.1) is 0 Å². The SMILES string of the molecule is Cn1c(=O)n(-c2ccc(OBr)nc2OCc2ccccc2)c2ccc(Br)cc21. The van der Waals surface area contributed by atoms with Crippen molar-refractivity contribution >= 4 is 43.2 Å². The van der Waals surface area contributed by atoms with E-state index in [0.29, 0.717) is 24.1 Å². The van der Waals surface area contributed by atoms with Gasteiger partial charge in [0.2, 0.25) is 11.8 Å². The molecule has 0 aliphatic carbocycles. The third-order valence-corrected chi connectivity index (χ3v) is 5.20.